The van der Waals surface area contributed by atoms with Crippen LogP contribution in [0.2, 0.25) is 0 Å². The van der Waals surface area contributed by atoms with Crippen LogP contribution in [0.15, 0.2) is 0 Å². The van der Waals surface area contributed by atoms with Crippen molar-refractivity contribution in [3.05, 3.63) is 0 Å². The zero-order chi connectivity index (χ0) is 11.3. The number of hydrogen-bond acceptors (Lipinski definition) is 2. The Kier molecular flexibility index (Phi) is 4.01. The van der Waals surface area contributed by atoms with Crippen LogP contribution >= 0.6 is 0 Å². The summed E-state index contributed by atoms with van der Waals surface area (Å²) in [5.41, 5.74) is -1.07. The number of nitrogens with one attached hydrogen (secondary N) is 1. The minimum Gasteiger partial charge on any atom is -0.333 e. The second-order valence-electron chi connectivity index (χ2n) is 3.90. The summed E-state index contributed by atoms with van der Waals surface area (Å²) in [5, 5.41) is 11.2. The lowest BCUT2D eigenvalue weighted by atomic mass is 9.92. The fraction of sp³-hybridized carbons (Fsp3) is 0.800. The molecule has 1 N–H and O–H groups in total. The summed E-state index contributed by atoms with van der Waals surface area (Å²) in [4.78, 5) is 10.9. The fourth-order valence-corrected chi connectivity index (χ4v) is 1.89. The summed E-state index contributed by atoms with van der Waals surface area (Å²) in [6.45, 7) is 0. The lowest BCUT2D eigenvalue weighted by Crippen LogP contribution is -2.49. The van der Waals surface area contributed by atoms with E-state index in [9.17, 15) is 13.6 Å². The van der Waals surface area contributed by atoms with E-state index in [2.05, 4.69) is 5.32 Å². The Balaban J connectivity index is 2.67. The van der Waals surface area contributed by atoms with Gasteiger partial charge in [0.25, 0.3) is 5.91 Å². The van der Waals surface area contributed by atoms with Crippen molar-refractivity contribution in [2.75, 3.05) is 0 Å². The first-order chi connectivity index (χ1) is 7.09. The van der Waals surface area contributed by atoms with Gasteiger partial charge in [-0.2, -0.15) is 14.0 Å². The van der Waals surface area contributed by atoms with Crippen molar-refractivity contribution < 1.29 is 13.6 Å². The van der Waals surface area contributed by atoms with Crippen molar-refractivity contribution in [2.45, 2.75) is 50.5 Å². The molecular formula is C10H14F2N2O. The van der Waals surface area contributed by atoms with Crippen LogP contribution in [0.25, 0.3) is 0 Å². The van der Waals surface area contributed by atoms with Crippen LogP contribution in [-0.4, -0.2) is 17.9 Å². The highest BCUT2D eigenvalue weighted by Gasteiger charge is 2.34. The highest BCUT2D eigenvalue weighted by Crippen LogP contribution is 2.26. The third kappa shape index (κ3) is 3.15. The standard InChI is InChI=1S/C10H14F2N2O/c11-8(12)9(15)14-10(7-13)5-3-1-2-4-6-10/h8H,1-6H2,(H,14,15). The summed E-state index contributed by atoms with van der Waals surface area (Å²) in [5.74, 6) is -1.33. The van der Waals surface area contributed by atoms with Crippen LogP contribution in [0.4, 0.5) is 8.78 Å². The minimum absolute atomic E-state index is 0.474. The number of nitriles is 1. The number of nitrogens with zero attached hydrogens (tertiary/aromatic N) is 1. The highest BCUT2D eigenvalue weighted by atomic mass is 19.3. The average Bonchev–Trinajstić information content (AvgIpc) is 2.44. The van der Waals surface area contributed by atoms with Crippen LogP contribution in [0.3, 0.4) is 0 Å². The summed E-state index contributed by atoms with van der Waals surface area (Å²) >= 11 is 0. The van der Waals surface area contributed by atoms with Gasteiger partial charge < -0.3 is 5.32 Å². The lowest BCUT2D eigenvalue weighted by molar-refractivity contribution is -0.133. The Bertz CT molecular complexity index is 265. The highest BCUT2D eigenvalue weighted by molar-refractivity contribution is 5.80. The first-order valence-electron chi connectivity index (χ1n) is 5.11. The van der Waals surface area contributed by atoms with E-state index in [1.807, 2.05) is 6.07 Å². The van der Waals surface area contributed by atoms with E-state index in [1.54, 1.807) is 0 Å². The number of rotatable bonds is 2. The van der Waals surface area contributed by atoms with Gasteiger partial charge in [0.15, 0.2) is 0 Å². The Morgan fingerprint density at radius 1 is 1.27 bits per heavy atom. The molecule has 0 aliphatic heterocycles. The molecule has 15 heavy (non-hydrogen) atoms. The largest absolute Gasteiger partial charge is 0.333 e. The van der Waals surface area contributed by atoms with E-state index < -0.39 is 17.9 Å². The van der Waals surface area contributed by atoms with Gasteiger partial charge in [-0.15, -0.1) is 0 Å². The third-order valence-electron chi connectivity index (χ3n) is 2.73. The van der Waals surface area contributed by atoms with Gasteiger partial charge in [0.1, 0.15) is 5.54 Å². The van der Waals surface area contributed by atoms with Gasteiger partial charge in [-0.25, -0.2) is 0 Å². The Morgan fingerprint density at radius 2 is 1.80 bits per heavy atom. The normalized spacial score (nSPS) is 20.4. The molecule has 0 radical (unpaired) electrons. The Hall–Kier alpha value is -1.18. The lowest BCUT2D eigenvalue weighted by Gasteiger charge is -2.25. The predicted octanol–water partition coefficient (Wildman–Crippen LogP) is 1.98. The quantitative estimate of drug-likeness (QED) is 0.717. The molecule has 0 saturated heterocycles. The van der Waals surface area contributed by atoms with Crippen LogP contribution in [0.1, 0.15) is 38.5 Å². The molecule has 0 aromatic carbocycles. The summed E-state index contributed by atoms with van der Waals surface area (Å²) in [6.07, 6.45) is 1.50. The summed E-state index contributed by atoms with van der Waals surface area (Å²) in [7, 11) is 0. The van der Waals surface area contributed by atoms with E-state index in [0.717, 1.165) is 25.7 Å². The van der Waals surface area contributed by atoms with E-state index in [0.29, 0.717) is 12.8 Å². The molecule has 0 atom stereocenters. The topological polar surface area (TPSA) is 52.9 Å². The monoisotopic (exact) mass is 216 g/mol. The van der Waals surface area contributed by atoms with Crippen LogP contribution in [0, 0.1) is 11.3 Å². The molecule has 1 aliphatic rings. The van der Waals surface area contributed by atoms with Crippen LogP contribution in [0.5, 0.6) is 0 Å². The molecule has 1 amide bonds. The van der Waals surface area contributed by atoms with Crippen molar-refractivity contribution in [1.82, 2.24) is 5.32 Å². The smallest absolute Gasteiger partial charge is 0.315 e. The number of carbonyl (C=O) groups excluding carboxylic acids is 1. The van der Waals surface area contributed by atoms with Gasteiger partial charge in [-0.3, -0.25) is 4.79 Å². The van der Waals surface area contributed by atoms with Gasteiger partial charge >= 0.3 is 6.43 Å². The molecule has 1 saturated carbocycles. The zero-order valence-corrected chi connectivity index (χ0v) is 8.43. The molecule has 84 valence electrons. The minimum atomic E-state index is -3.04. The molecule has 0 unspecified atom stereocenters. The van der Waals surface area contributed by atoms with E-state index >= 15 is 0 Å². The predicted molar refractivity (Wildman–Crippen MR) is 50.2 cm³/mol. The fourth-order valence-electron chi connectivity index (χ4n) is 1.89. The molecule has 1 fully saturated rings. The average molecular weight is 216 g/mol. The summed E-state index contributed by atoms with van der Waals surface area (Å²) < 4.78 is 24.1. The van der Waals surface area contributed by atoms with Gasteiger partial charge in [-0.05, 0) is 12.8 Å². The van der Waals surface area contributed by atoms with E-state index in [1.165, 1.54) is 0 Å². The van der Waals surface area contributed by atoms with Gasteiger partial charge in [-0.1, -0.05) is 25.7 Å². The second-order valence-corrected chi connectivity index (χ2v) is 3.90. The maximum absolute atomic E-state index is 12.1. The molecule has 1 aliphatic carbocycles. The molecule has 0 aromatic heterocycles. The molecule has 5 heteroatoms. The SMILES string of the molecule is N#CC1(NC(=O)C(F)F)CCCCCC1. The van der Waals surface area contributed by atoms with Gasteiger partial charge in [0, 0.05) is 0 Å². The van der Waals surface area contributed by atoms with Gasteiger partial charge in [0.2, 0.25) is 0 Å². The van der Waals surface area contributed by atoms with Crippen molar-refractivity contribution >= 4 is 5.91 Å². The molecule has 0 heterocycles. The van der Waals surface area contributed by atoms with Crippen molar-refractivity contribution in [1.29, 1.82) is 5.26 Å². The number of halogens is 2. The first kappa shape index (κ1) is 11.9. The Morgan fingerprint density at radius 3 is 2.20 bits per heavy atom. The molecule has 0 aromatic rings. The maximum Gasteiger partial charge on any atom is 0.315 e. The number of alkyl halides is 2. The second kappa shape index (κ2) is 5.06. The summed E-state index contributed by atoms with van der Waals surface area (Å²) in [6, 6.07) is 1.98. The Labute approximate surface area is 87.5 Å². The number of amides is 1. The molecular weight excluding hydrogens is 202 g/mol. The number of carbonyl (C=O) groups is 1. The number of hydrogen-bond donors (Lipinski definition) is 1. The van der Waals surface area contributed by atoms with Crippen LogP contribution < -0.4 is 5.32 Å². The maximum atomic E-state index is 12.1. The van der Waals surface area contributed by atoms with Crippen molar-refractivity contribution in [2.24, 2.45) is 0 Å². The first-order valence-corrected chi connectivity index (χ1v) is 5.11. The van der Waals surface area contributed by atoms with Crippen LogP contribution in [-0.2, 0) is 4.79 Å². The molecule has 3 nitrogen and oxygen atoms in total. The molecule has 0 spiro atoms. The third-order valence-corrected chi connectivity index (χ3v) is 2.73. The molecule has 1 rings (SSSR count). The van der Waals surface area contributed by atoms with Crippen molar-refractivity contribution in [3.63, 3.8) is 0 Å². The van der Waals surface area contributed by atoms with E-state index in [4.69, 9.17) is 5.26 Å². The van der Waals surface area contributed by atoms with E-state index in [-0.39, 0.29) is 0 Å². The zero-order valence-electron chi connectivity index (χ0n) is 8.43. The van der Waals surface area contributed by atoms with Crippen molar-refractivity contribution in [3.8, 4) is 6.07 Å². The molecule has 0 bridgehead atoms. The van der Waals surface area contributed by atoms with Gasteiger partial charge in [0.05, 0.1) is 6.07 Å².